The molecule has 2 aromatic rings. The van der Waals surface area contributed by atoms with Gasteiger partial charge in [0, 0.05) is 19.1 Å². The van der Waals surface area contributed by atoms with Crippen LogP contribution in [-0.4, -0.2) is 30.6 Å². The molecule has 0 spiro atoms. The van der Waals surface area contributed by atoms with Crippen molar-refractivity contribution in [1.29, 1.82) is 0 Å². The Morgan fingerprint density at radius 2 is 1.74 bits per heavy atom. The van der Waals surface area contributed by atoms with E-state index in [1.54, 1.807) is 0 Å². The number of hydrogen-bond acceptors (Lipinski definition) is 3. The molecule has 0 radical (unpaired) electrons. The first-order valence-electron chi connectivity index (χ1n) is 8.64. The number of hydrogen-bond donors (Lipinski definition) is 1. The van der Waals surface area contributed by atoms with Gasteiger partial charge < -0.3 is 15.0 Å². The van der Waals surface area contributed by atoms with Crippen LogP contribution in [0, 0.1) is 5.92 Å². The highest BCUT2D eigenvalue weighted by molar-refractivity contribution is 5.33. The lowest BCUT2D eigenvalue weighted by Gasteiger charge is -2.45. The fourth-order valence-corrected chi connectivity index (χ4v) is 3.79. The predicted octanol–water partition coefficient (Wildman–Crippen LogP) is 3.66. The van der Waals surface area contributed by atoms with Gasteiger partial charge in [-0.3, -0.25) is 0 Å². The quantitative estimate of drug-likeness (QED) is 0.912. The third-order valence-corrected chi connectivity index (χ3v) is 5.10. The van der Waals surface area contributed by atoms with Crippen LogP contribution >= 0.6 is 0 Å². The van der Waals surface area contributed by atoms with Gasteiger partial charge in [-0.25, -0.2) is 0 Å². The Labute approximate surface area is 138 Å². The van der Waals surface area contributed by atoms with Crippen LogP contribution in [0.15, 0.2) is 54.6 Å². The van der Waals surface area contributed by atoms with Gasteiger partial charge in [0.15, 0.2) is 0 Å². The highest BCUT2D eigenvalue weighted by atomic mass is 16.5. The van der Waals surface area contributed by atoms with Gasteiger partial charge in [0.25, 0.3) is 0 Å². The molecule has 0 aliphatic carbocycles. The van der Waals surface area contributed by atoms with Crippen LogP contribution in [0.5, 0.6) is 11.5 Å². The number of ether oxygens (including phenoxy) is 1. The van der Waals surface area contributed by atoms with E-state index in [1.807, 2.05) is 36.4 Å². The van der Waals surface area contributed by atoms with Crippen molar-refractivity contribution >= 4 is 0 Å². The van der Waals surface area contributed by atoms with Crippen molar-refractivity contribution in [2.45, 2.75) is 25.4 Å². The van der Waals surface area contributed by atoms with Crippen molar-refractivity contribution in [3.05, 3.63) is 60.2 Å². The minimum absolute atomic E-state index is 0.649. The molecule has 3 heteroatoms. The highest BCUT2D eigenvalue weighted by Gasteiger charge is 2.33. The molecule has 3 saturated heterocycles. The van der Waals surface area contributed by atoms with Gasteiger partial charge in [-0.1, -0.05) is 30.3 Å². The van der Waals surface area contributed by atoms with E-state index >= 15 is 0 Å². The molecule has 1 N–H and O–H groups in total. The fraction of sp³-hybridized carbons (Fsp3) is 0.400. The van der Waals surface area contributed by atoms with Crippen LogP contribution in [0.3, 0.4) is 0 Å². The second kappa shape index (κ2) is 6.73. The van der Waals surface area contributed by atoms with Crippen LogP contribution < -0.4 is 10.1 Å². The fourth-order valence-electron chi connectivity index (χ4n) is 3.79. The molecular weight excluding hydrogens is 284 g/mol. The van der Waals surface area contributed by atoms with Gasteiger partial charge >= 0.3 is 0 Å². The normalized spacial score (nSPS) is 26.2. The third-order valence-electron chi connectivity index (χ3n) is 5.10. The van der Waals surface area contributed by atoms with Gasteiger partial charge in [0.1, 0.15) is 11.5 Å². The van der Waals surface area contributed by atoms with Crippen molar-refractivity contribution in [3.8, 4) is 11.5 Å². The van der Waals surface area contributed by atoms with Crippen LogP contribution in [0.25, 0.3) is 0 Å². The molecule has 5 rings (SSSR count). The van der Waals surface area contributed by atoms with E-state index in [9.17, 15) is 0 Å². The first-order chi connectivity index (χ1) is 11.4. The van der Waals surface area contributed by atoms with Crippen LogP contribution in [-0.2, 0) is 6.54 Å². The summed E-state index contributed by atoms with van der Waals surface area (Å²) in [7, 11) is 0. The van der Waals surface area contributed by atoms with Crippen molar-refractivity contribution in [2.75, 3.05) is 19.6 Å². The van der Waals surface area contributed by atoms with Crippen LogP contribution in [0.2, 0.25) is 0 Å². The number of nitrogens with zero attached hydrogens (tertiary/aromatic N) is 1. The van der Waals surface area contributed by atoms with Crippen molar-refractivity contribution in [2.24, 2.45) is 5.92 Å². The molecule has 1 unspecified atom stereocenters. The lowest BCUT2D eigenvalue weighted by molar-refractivity contribution is 0.0720. The Balaban J connectivity index is 1.37. The van der Waals surface area contributed by atoms with E-state index in [1.165, 1.54) is 38.0 Å². The van der Waals surface area contributed by atoms with E-state index in [0.29, 0.717) is 6.04 Å². The summed E-state index contributed by atoms with van der Waals surface area (Å²) < 4.78 is 5.92. The summed E-state index contributed by atoms with van der Waals surface area (Å²) in [6.45, 7) is 4.72. The van der Waals surface area contributed by atoms with E-state index < -0.39 is 0 Å². The number of piperidine rings is 3. The van der Waals surface area contributed by atoms with E-state index in [2.05, 4.69) is 28.4 Å². The smallest absolute Gasteiger partial charge is 0.127 e. The molecule has 2 aromatic carbocycles. The number of benzene rings is 2. The molecule has 23 heavy (non-hydrogen) atoms. The summed E-state index contributed by atoms with van der Waals surface area (Å²) in [6.07, 6.45) is 2.71. The van der Waals surface area contributed by atoms with E-state index in [4.69, 9.17) is 4.74 Å². The van der Waals surface area contributed by atoms with Crippen LogP contribution in [0.4, 0.5) is 0 Å². The molecule has 2 bridgehead atoms. The highest BCUT2D eigenvalue weighted by Crippen LogP contribution is 2.28. The monoisotopic (exact) mass is 308 g/mol. The number of rotatable bonds is 5. The van der Waals surface area contributed by atoms with Crippen molar-refractivity contribution in [3.63, 3.8) is 0 Å². The largest absolute Gasteiger partial charge is 0.457 e. The molecule has 3 fully saturated rings. The molecular formula is C20H24N2O. The molecule has 3 heterocycles. The zero-order valence-corrected chi connectivity index (χ0v) is 13.4. The maximum Gasteiger partial charge on any atom is 0.127 e. The Morgan fingerprint density at radius 3 is 2.48 bits per heavy atom. The van der Waals surface area contributed by atoms with E-state index in [0.717, 1.165) is 24.0 Å². The Morgan fingerprint density at radius 1 is 0.957 bits per heavy atom. The predicted molar refractivity (Wildman–Crippen MR) is 92.7 cm³/mol. The lowest BCUT2D eigenvalue weighted by Crippen LogP contribution is -2.55. The van der Waals surface area contributed by atoms with E-state index in [-0.39, 0.29) is 0 Å². The summed E-state index contributed by atoms with van der Waals surface area (Å²) >= 11 is 0. The zero-order valence-electron chi connectivity index (χ0n) is 13.4. The average Bonchev–Trinajstić information content (AvgIpc) is 2.62. The van der Waals surface area contributed by atoms with Gasteiger partial charge in [0.2, 0.25) is 0 Å². The molecule has 0 saturated carbocycles. The Hall–Kier alpha value is -1.84. The summed E-state index contributed by atoms with van der Waals surface area (Å²) in [6, 6.07) is 19.0. The molecule has 1 atom stereocenters. The zero-order chi connectivity index (χ0) is 15.5. The molecule has 3 nitrogen and oxygen atoms in total. The topological polar surface area (TPSA) is 24.5 Å². The summed E-state index contributed by atoms with van der Waals surface area (Å²) in [5.41, 5.74) is 1.29. The van der Waals surface area contributed by atoms with Crippen LogP contribution in [0.1, 0.15) is 18.4 Å². The number of para-hydroxylation sites is 1. The van der Waals surface area contributed by atoms with Crippen molar-refractivity contribution in [1.82, 2.24) is 10.2 Å². The SMILES string of the molecule is c1ccc(Oc2cccc(CNC3CN4CCC3CC4)c2)cc1. The summed E-state index contributed by atoms with van der Waals surface area (Å²) in [4.78, 5) is 2.59. The van der Waals surface area contributed by atoms with Gasteiger partial charge in [0.05, 0.1) is 0 Å². The summed E-state index contributed by atoms with van der Waals surface area (Å²) in [5, 5.41) is 3.76. The molecule has 3 aliphatic rings. The second-order valence-corrected chi connectivity index (χ2v) is 6.69. The lowest BCUT2D eigenvalue weighted by atomic mass is 9.84. The standard InChI is InChI=1S/C20H24N2O/c1-2-6-18(7-3-1)23-19-8-4-5-16(13-19)14-21-20-15-22-11-9-17(20)10-12-22/h1-8,13,17,20-21H,9-12,14-15H2. The molecule has 120 valence electrons. The first kappa shape index (κ1) is 14.7. The molecule has 0 aromatic heterocycles. The maximum absolute atomic E-state index is 5.92. The van der Waals surface area contributed by atoms with Gasteiger partial charge in [-0.15, -0.1) is 0 Å². The second-order valence-electron chi connectivity index (χ2n) is 6.69. The first-order valence-corrected chi connectivity index (χ1v) is 8.64. The molecule has 3 aliphatic heterocycles. The number of nitrogens with one attached hydrogen (secondary N) is 1. The minimum atomic E-state index is 0.649. The minimum Gasteiger partial charge on any atom is -0.457 e. The molecule has 0 amide bonds. The maximum atomic E-state index is 5.92. The third kappa shape index (κ3) is 3.57. The average molecular weight is 308 g/mol. The van der Waals surface area contributed by atoms with Gasteiger partial charge in [-0.2, -0.15) is 0 Å². The number of fused-ring (bicyclic) bond motifs is 3. The van der Waals surface area contributed by atoms with Crippen molar-refractivity contribution < 1.29 is 4.74 Å². The van der Waals surface area contributed by atoms with Gasteiger partial charge in [-0.05, 0) is 61.7 Å². The Kier molecular flexibility index (Phi) is 4.31. The summed E-state index contributed by atoms with van der Waals surface area (Å²) in [5.74, 6) is 2.66. The Bertz CT molecular complexity index is 635.